The Morgan fingerprint density at radius 2 is 2.42 bits per heavy atom. The standard InChI is InChI=1S/C16H24N6O2/c1-11-3-4-13-12(9-11)15(21-19-13)16(23)17-6-5-14-20-18-10-22(14)7-8-24-2/h10-11H,3-9H2,1-2H3,(H,17,23)(H,19,21)/t11-/m1/s1. The fourth-order valence-corrected chi connectivity index (χ4v) is 3.08. The van der Waals surface area contributed by atoms with Crippen molar-refractivity contribution in [3.63, 3.8) is 0 Å². The number of amides is 1. The molecule has 0 aliphatic heterocycles. The van der Waals surface area contributed by atoms with E-state index in [9.17, 15) is 4.79 Å². The van der Waals surface area contributed by atoms with E-state index in [4.69, 9.17) is 4.74 Å². The normalized spacial score (nSPS) is 16.8. The van der Waals surface area contributed by atoms with Gasteiger partial charge in [0.15, 0.2) is 5.69 Å². The summed E-state index contributed by atoms with van der Waals surface area (Å²) in [6, 6.07) is 0. The number of nitrogens with one attached hydrogen (secondary N) is 2. The molecule has 3 rings (SSSR count). The van der Waals surface area contributed by atoms with Crippen LogP contribution in [0.5, 0.6) is 0 Å². The van der Waals surface area contributed by atoms with E-state index in [1.54, 1.807) is 13.4 Å². The highest BCUT2D eigenvalue weighted by Gasteiger charge is 2.24. The van der Waals surface area contributed by atoms with E-state index in [0.29, 0.717) is 37.7 Å². The monoisotopic (exact) mass is 332 g/mol. The van der Waals surface area contributed by atoms with Crippen LogP contribution in [0.25, 0.3) is 0 Å². The lowest BCUT2D eigenvalue weighted by molar-refractivity contribution is 0.0947. The van der Waals surface area contributed by atoms with Crippen molar-refractivity contribution < 1.29 is 9.53 Å². The Morgan fingerprint density at radius 3 is 3.25 bits per heavy atom. The molecule has 0 saturated carbocycles. The van der Waals surface area contributed by atoms with E-state index in [1.165, 1.54) is 0 Å². The van der Waals surface area contributed by atoms with Crippen LogP contribution in [-0.2, 0) is 30.5 Å². The second-order valence-corrected chi connectivity index (χ2v) is 6.32. The highest BCUT2D eigenvalue weighted by atomic mass is 16.5. The molecule has 0 spiro atoms. The second-order valence-electron chi connectivity index (χ2n) is 6.32. The predicted molar refractivity (Wildman–Crippen MR) is 87.7 cm³/mol. The first-order valence-electron chi connectivity index (χ1n) is 8.39. The molecule has 1 aliphatic carbocycles. The van der Waals surface area contributed by atoms with Crippen molar-refractivity contribution in [2.24, 2.45) is 5.92 Å². The van der Waals surface area contributed by atoms with Crippen LogP contribution in [0.15, 0.2) is 6.33 Å². The summed E-state index contributed by atoms with van der Waals surface area (Å²) in [5.74, 6) is 1.32. The van der Waals surface area contributed by atoms with E-state index in [0.717, 1.165) is 36.3 Å². The Balaban J connectivity index is 1.55. The lowest BCUT2D eigenvalue weighted by Gasteiger charge is -2.17. The number of hydrogen-bond acceptors (Lipinski definition) is 5. The van der Waals surface area contributed by atoms with Gasteiger partial charge in [-0.25, -0.2) is 0 Å². The topological polar surface area (TPSA) is 97.7 Å². The van der Waals surface area contributed by atoms with Crippen molar-refractivity contribution in [1.82, 2.24) is 30.3 Å². The van der Waals surface area contributed by atoms with Crippen LogP contribution in [-0.4, -0.2) is 51.1 Å². The number of rotatable bonds is 7. The molecule has 1 amide bonds. The molecule has 0 aromatic carbocycles. The minimum atomic E-state index is -0.121. The SMILES string of the molecule is COCCn1cnnc1CCNC(=O)c1n[nH]c2c1C[C@H](C)CC2. The third-order valence-corrected chi connectivity index (χ3v) is 4.47. The third kappa shape index (κ3) is 3.64. The molecule has 2 aromatic rings. The number of aromatic nitrogens is 5. The number of fused-ring (bicyclic) bond motifs is 1. The quantitative estimate of drug-likeness (QED) is 0.779. The Bertz CT molecular complexity index is 693. The summed E-state index contributed by atoms with van der Waals surface area (Å²) >= 11 is 0. The Kier molecular flexibility index (Phi) is 5.24. The first-order chi connectivity index (χ1) is 11.7. The van der Waals surface area contributed by atoms with E-state index >= 15 is 0 Å². The summed E-state index contributed by atoms with van der Waals surface area (Å²) in [6.07, 6.45) is 5.34. The van der Waals surface area contributed by atoms with Crippen molar-refractivity contribution in [2.45, 2.75) is 39.2 Å². The zero-order valence-electron chi connectivity index (χ0n) is 14.2. The van der Waals surface area contributed by atoms with Crippen LogP contribution in [0.1, 0.15) is 40.9 Å². The number of aromatic amines is 1. The van der Waals surface area contributed by atoms with Gasteiger partial charge in [-0.1, -0.05) is 6.92 Å². The second kappa shape index (κ2) is 7.57. The number of hydrogen-bond donors (Lipinski definition) is 2. The summed E-state index contributed by atoms with van der Waals surface area (Å²) in [5.41, 5.74) is 2.73. The van der Waals surface area contributed by atoms with Crippen LogP contribution in [0, 0.1) is 5.92 Å². The number of nitrogens with zero attached hydrogens (tertiary/aromatic N) is 4. The van der Waals surface area contributed by atoms with Gasteiger partial charge in [0.05, 0.1) is 6.61 Å². The largest absolute Gasteiger partial charge is 0.383 e. The van der Waals surface area contributed by atoms with Gasteiger partial charge >= 0.3 is 0 Å². The first kappa shape index (κ1) is 16.6. The highest BCUT2D eigenvalue weighted by molar-refractivity contribution is 5.94. The molecule has 0 bridgehead atoms. The summed E-state index contributed by atoms with van der Waals surface area (Å²) in [7, 11) is 1.66. The van der Waals surface area contributed by atoms with Gasteiger partial charge in [0.25, 0.3) is 5.91 Å². The van der Waals surface area contributed by atoms with Crippen molar-refractivity contribution >= 4 is 5.91 Å². The summed E-state index contributed by atoms with van der Waals surface area (Å²) in [6.45, 7) is 4.03. The van der Waals surface area contributed by atoms with E-state index in [-0.39, 0.29) is 5.91 Å². The molecule has 1 aliphatic rings. The predicted octanol–water partition coefficient (Wildman–Crippen LogP) is 0.745. The van der Waals surface area contributed by atoms with Gasteiger partial charge in [-0.15, -0.1) is 10.2 Å². The van der Waals surface area contributed by atoms with Gasteiger partial charge < -0.3 is 14.6 Å². The van der Waals surface area contributed by atoms with E-state index in [2.05, 4.69) is 32.6 Å². The smallest absolute Gasteiger partial charge is 0.272 e. The molecule has 0 radical (unpaired) electrons. The maximum absolute atomic E-state index is 12.4. The number of aryl methyl sites for hydroxylation is 1. The zero-order chi connectivity index (χ0) is 16.9. The minimum absolute atomic E-state index is 0.121. The van der Waals surface area contributed by atoms with Gasteiger partial charge in [0, 0.05) is 37.9 Å². The molecule has 2 aromatic heterocycles. The van der Waals surface area contributed by atoms with Gasteiger partial charge in [-0.05, 0) is 25.2 Å². The average molecular weight is 332 g/mol. The zero-order valence-corrected chi connectivity index (χ0v) is 14.2. The molecule has 24 heavy (non-hydrogen) atoms. The minimum Gasteiger partial charge on any atom is -0.383 e. The molecule has 2 N–H and O–H groups in total. The van der Waals surface area contributed by atoms with Gasteiger partial charge in [0.2, 0.25) is 0 Å². The van der Waals surface area contributed by atoms with Crippen LogP contribution in [0.3, 0.4) is 0 Å². The van der Waals surface area contributed by atoms with Crippen LogP contribution < -0.4 is 5.32 Å². The molecular weight excluding hydrogens is 308 g/mol. The average Bonchev–Trinajstić information content (AvgIpc) is 3.19. The van der Waals surface area contributed by atoms with Crippen molar-refractivity contribution in [2.75, 3.05) is 20.3 Å². The van der Waals surface area contributed by atoms with Crippen molar-refractivity contribution in [3.05, 3.63) is 29.1 Å². The Hall–Kier alpha value is -2.22. The Morgan fingerprint density at radius 1 is 1.54 bits per heavy atom. The van der Waals surface area contributed by atoms with Gasteiger partial charge in [-0.3, -0.25) is 9.89 Å². The molecule has 1 atom stereocenters. The molecule has 8 heteroatoms. The maximum Gasteiger partial charge on any atom is 0.272 e. The number of carbonyl (C=O) groups is 1. The lowest BCUT2D eigenvalue weighted by atomic mass is 9.87. The highest BCUT2D eigenvalue weighted by Crippen LogP contribution is 2.25. The number of methoxy groups -OCH3 is 1. The number of carbonyl (C=O) groups excluding carboxylic acids is 1. The van der Waals surface area contributed by atoms with E-state index < -0.39 is 0 Å². The van der Waals surface area contributed by atoms with E-state index in [1.807, 2.05) is 4.57 Å². The lowest BCUT2D eigenvalue weighted by Crippen LogP contribution is -2.28. The van der Waals surface area contributed by atoms with Crippen molar-refractivity contribution in [1.29, 1.82) is 0 Å². The maximum atomic E-state index is 12.4. The number of H-pyrrole nitrogens is 1. The molecule has 130 valence electrons. The van der Waals surface area contributed by atoms with Crippen LogP contribution in [0.4, 0.5) is 0 Å². The molecule has 2 heterocycles. The summed E-state index contributed by atoms with van der Waals surface area (Å²) in [4.78, 5) is 12.4. The first-order valence-corrected chi connectivity index (χ1v) is 8.39. The van der Waals surface area contributed by atoms with Crippen LogP contribution >= 0.6 is 0 Å². The van der Waals surface area contributed by atoms with Crippen LogP contribution in [0.2, 0.25) is 0 Å². The molecule has 8 nitrogen and oxygen atoms in total. The Labute approximate surface area is 141 Å². The molecule has 0 saturated heterocycles. The molecular formula is C16H24N6O2. The fourth-order valence-electron chi connectivity index (χ4n) is 3.08. The van der Waals surface area contributed by atoms with Gasteiger partial charge in [-0.2, -0.15) is 5.10 Å². The third-order valence-electron chi connectivity index (χ3n) is 4.47. The summed E-state index contributed by atoms with van der Waals surface area (Å²) in [5, 5.41) is 18.2. The fraction of sp³-hybridized carbons (Fsp3) is 0.625. The summed E-state index contributed by atoms with van der Waals surface area (Å²) < 4.78 is 7.00. The molecule has 0 fully saturated rings. The van der Waals surface area contributed by atoms with Crippen molar-refractivity contribution in [3.8, 4) is 0 Å². The molecule has 0 unspecified atom stereocenters. The number of ether oxygens (including phenoxy) is 1. The van der Waals surface area contributed by atoms with Gasteiger partial charge in [0.1, 0.15) is 12.2 Å².